The van der Waals surface area contributed by atoms with Crippen molar-refractivity contribution in [3.8, 4) is 6.07 Å². The summed E-state index contributed by atoms with van der Waals surface area (Å²) in [6.07, 6.45) is 5.26. The number of benzene rings is 1. The van der Waals surface area contributed by atoms with Crippen LogP contribution in [0.2, 0.25) is 0 Å². The number of carboxylic acid groups (broad SMARTS) is 1. The molecule has 1 aliphatic carbocycles. The lowest BCUT2D eigenvalue weighted by molar-refractivity contribution is -0.143. The Morgan fingerprint density at radius 3 is 2.81 bits per heavy atom. The van der Waals surface area contributed by atoms with E-state index in [4.69, 9.17) is 10.4 Å². The standard InChI is InChI=1S/C16H17N3O2/c17-8-12-3-6-15-14(7-12)18-10-19(15)9-11-1-4-13(5-2-11)16(20)21/h3,6-7,10-11,13H,1-2,4-5,9H2,(H,20,21). The van der Waals surface area contributed by atoms with E-state index in [-0.39, 0.29) is 5.92 Å². The predicted molar refractivity (Wildman–Crippen MR) is 77.5 cm³/mol. The second kappa shape index (κ2) is 5.57. The molecule has 5 nitrogen and oxygen atoms in total. The van der Waals surface area contributed by atoms with Gasteiger partial charge in [0.1, 0.15) is 0 Å². The molecule has 0 atom stereocenters. The highest BCUT2D eigenvalue weighted by Gasteiger charge is 2.26. The molecule has 1 heterocycles. The van der Waals surface area contributed by atoms with Crippen LogP contribution < -0.4 is 0 Å². The van der Waals surface area contributed by atoms with E-state index >= 15 is 0 Å². The maximum Gasteiger partial charge on any atom is 0.306 e. The number of aliphatic carboxylic acids is 1. The Balaban J connectivity index is 1.72. The molecule has 1 N–H and O–H groups in total. The molecule has 1 aromatic heterocycles. The first-order valence-corrected chi connectivity index (χ1v) is 7.25. The van der Waals surface area contributed by atoms with Gasteiger partial charge in [-0.25, -0.2) is 4.98 Å². The van der Waals surface area contributed by atoms with E-state index in [9.17, 15) is 4.79 Å². The Bertz CT molecular complexity index is 706. The van der Waals surface area contributed by atoms with Gasteiger partial charge < -0.3 is 9.67 Å². The first-order chi connectivity index (χ1) is 10.2. The molecule has 0 unspecified atom stereocenters. The SMILES string of the molecule is N#Cc1ccc2c(c1)ncn2CC1CCC(C(=O)O)CC1. The average molecular weight is 283 g/mol. The Labute approximate surface area is 122 Å². The van der Waals surface area contributed by atoms with Gasteiger partial charge in [0.2, 0.25) is 0 Å². The number of rotatable bonds is 3. The van der Waals surface area contributed by atoms with Crippen molar-refractivity contribution >= 4 is 17.0 Å². The highest BCUT2D eigenvalue weighted by molar-refractivity contribution is 5.76. The van der Waals surface area contributed by atoms with Crippen molar-refractivity contribution in [3.63, 3.8) is 0 Å². The van der Waals surface area contributed by atoms with Crippen LogP contribution in [-0.4, -0.2) is 20.6 Å². The van der Waals surface area contributed by atoms with E-state index in [2.05, 4.69) is 15.6 Å². The number of nitrogens with zero attached hydrogens (tertiary/aromatic N) is 3. The molecule has 5 heteroatoms. The summed E-state index contributed by atoms with van der Waals surface area (Å²) in [5.41, 5.74) is 2.50. The third-order valence-electron chi connectivity index (χ3n) is 4.40. The van der Waals surface area contributed by atoms with Gasteiger partial charge in [-0.2, -0.15) is 5.26 Å². The molecule has 1 aromatic carbocycles. The third-order valence-corrected chi connectivity index (χ3v) is 4.40. The molecule has 0 amide bonds. The van der Waals surface area contributed by atoms with E-state index in [0.29, 0.717) is 11.5 Å². The second-order valence-electron chi connectivity index (χ2n) is 5.77. The van der Waals surface area contributed by atoms with Crippen molar-refractivity contribution in [1.29, 1.82) is 5.26 Å². The molecule has 0 aliphatic heterocycles. The third kappa shape index (κ3) is 2.75. The van der Waals surface area contributed by atoms with Crippen LogP contribution in [0.5, 0.6) is 0 Å². The molecular formula is C16H17N3O2. The zero-order valence-electron chi connectivity index (χ0n) is 11.7. The van der Waals surface area contributed by atoms with Crippen LogP contribution in [0.25, 0.3) is 11.0 Å². The van der Waals surface area contributed by atoms with Crippen LogP contribution in [0.4, 0.5) is 0 Å². The lowest BCUT2D eigenvalue weighted by Gasteiger charge is -2.26. The molecule has 1 saturated carbocycles. The van der Waals surface area contributed by atoms with Gasteiger partial charge in [-0.15, -0.1) is 0 Å². The topological polar surface area (TPSA) is 78.9 Å². The number of hydrogen-bond donors (Lipinski definition) is 1. The van der Waals surface area contributed by atoms with Gasteiger partial charge >= 0.3 is 5.97 Å². The molecule has 108 valence electrons. The Hall–Kier alpha value is -2.35. The molecule has 3 rings (SSSR count). The van der Waals surface area contributed by atoms with Crippen molar-refractivity contribution in [2.75, 3.05) is 0 Å². The maximum absolute atomic E-state index is 11.0. The van der Waals surface area contributed by atoms with Gasteiger partial charge in [0.25, 0.3) is 0 Å². The van der Waals surface area contributed by atoms with E-state index in [1.165, 1.54) is 0 Å². The summed E-state index contributed by atoms with van der Waals surface area (Å²) in [4.78, 5) is 15.3. The van der Waals surface area contributed by atoms with Gasteiger partial charge in [-0.3, -0.25) is 4.79 Å². The van der Waals surface area contributed by atoms with Crippen LogP contribution in [0.15, 0.2) is 24.5 Å². The Morgan fingerprint density at radius 2 is 2.14 bits per heavy atom. The highest BCUT2D eigenvalue weighted by Crippen LogP contribution is 2.30. The van der Waals surface area contributed by atoms with Gasteiger partial charge in [0.15, 0.2) is 0 Å². The van der Waals surface area contributed by atoms with E-state index < -0.39 is 5.97 Å². The number of hydrogen-bond acceptors (Lipinski definition) is 3. The Morgan fingerprint density at radius 1 is 1.38 bits per heavy atom. The predicted octanol–water partition coefficient (Wildman–Crippen LogP) is 2.80. The minimum Gasteiger partial charge on any atom is -0.481 e. The van der Waals surface area contributed by atoms with Crippen molar-refractivity contribution in [2.45, 2.75) is 32.2 Å². The average Bonchev–Trinajstić information content (AvgIpc) is 2.90. The monoisotopic (exact) mass is 283 g/mol. The van der Waals surface area contributed by atoms with Gasteiger partial charge in [0, 0.05) is 6.54 Å². The summed E-state index contributed by atoms with van der Waals surface area (Å²) in [6.45, 7) is 0.870. The van der Waals surface area contributed by atoms with E-state index in [1.807, 2.05) is 18.5 Å². The number of nitriles is 1. The van der Waals surface area contributed by atoms with Crippen LogP contribution in [0, 0.1) is 23.2 Å². The van der Waals surface area contributed by atoms with Crippen molar-refractivity contribution < 1.29 is 9.90 Å². The molecule has 21 heavy (non-hydrogen) atoms. The second-order valence-corrected chi connectivity index (χ2v) is 5.77. The molecule has 0 radical (unpaired) electrons. The summed E-state index contributed by atoms with van der Waals surface area (Å²) in [5.74, 6) is -0.321. The molecule has 2 aromatic rings. The molecule has 1 aliphatic rings. The van der Waals surface area contributed by atoms with Crippen molar-refractivity contribution in [3.05, 3.63) is 30.1 Å². The molecule has 0 bridgehead atoms. The summed E-state index contributed by atoms with van der Waals surface area (Å²) in [6, 6.07) is 7.66. The fourth-order valence-electron chi connectivity index (χ4n) is 3.15. The maximum atomic E-state index is 11.0. The van der Waals surface area contributed by atoms with Crippen LogP contribution in [-0.2, 0) is 11.3 Å². The lowest BCUT2D eigenvalue weighted by atomic mass is 9.82. The number of aromatic nitrogens is 2. The number of carboxylic acids is 1. The summed E-state index contributed by atoms with van der Waals surface area (Å²) in [5, 5.41) is 17.9. The first kappa shape index (κ1) is 13.6. The van der Waals surface area contributed by atoms with Crippen LogP contribution in [0.3, 0.4) is 0 Å². The zero-order chi connectivity index (χ0) is 14.8. The minimum atomic E-state index is -0.662. The summed E-state index contributed by atoms with van der Waals surface area (Å²) in [7, 11) is 0. The number of imidazole rings is 1. The Kier molecular flexibility index (Phi) is 3.61. The summed E-state index contributed by atoms with van der Waals surface area (Å²) < 4.78 is 2.11. The first-order valence-electron chi connectivity index (χ1n) is 7.25. The largest absolute Gasteiger partial charge is 0.481 e. The minimum absolute atomic E-state index is 0.168. The number of fused-ring (bicyclic) bond motifs is 1. The number of carbonyl (C=O) groups is 1. The normalized spacial score (nSPS) is 22.0. The summed E-state index contributed by atoms with van der Waals surface area (Å²) >= 11 is 0. The van der Waals surface area contributed by atoms with Crippen LogP contribution in [0.1, 0.15) is 31.2 Å². The molecule has 0 saturated heterocycles. The molecular weight excluding hydrogens is 266 g/mol. The van der Waals surface area contributed by atoms with Crippen molar-refractivity contribution in [2.24, 2.45) is 11.8 Å². The smallest absolute Gasteiger partial charge is 0.306 e. The quantitative estimate of drug-likeness (QED) is 0.939. The van der Waals surface area contributed by atoms with Gasteiger partial charge in [0.05, 0.1) is 34.9 Å². The molecule has 1 fully saturated rings. The van der Waals surface area contributed by atoms with E-state index in [1.54, 1.807) is 6.07 Å². The fourth-order valence-corrected chi connectivity index (χ4v) is 3.15. The molecule has 0 spiro atoms. The zero-order valence-corrected chi connectivity index (χ0v) is 11.7. The highest BCUT2D eigenvalue weighted by atomic mass is 16.4. The van der Waals surface area contributed by atoms with Gasteiger partial charge in [-0.05, 0) is 49.8 Å². The fraction of sp³-hybridized carbons (Fsp3) is 0.438. The van der Waals surface area contributed by atoms with E-state index in [0.717, 1.165) is 43.3 Å². The van der Waals surface area contributed by atoms with Crippen molar-refractivity contribution in [1.82, 2.24) is 9.55 Å². The lowest BCUT2D eigenvalue weighted by Crippen LogP contribution is -2.23. The van der Waals surface area contributed by atoms with Crippen LogP contribution >= 0.6 is 0 Å². The van der Waals surface area contributed by atoms with Gasteiger partial charge in [-0.1, -0.05) is 0 Å².